The molecule has 1 rings (SSSR count). The summed E-state index contributed by atoms with van der Waals surface area (Å²) in [7, 11) is 3.51. The first-order chi connectivity index (χ1) is 7.57. The van der Waals surface area contributed by atoms with Gasteiger partial charge in [-0.15, -0.1) is 0 Å². The topological polar surface area (TPSA) is 45.7 Å². The highest BCUT2D eigenvalue weighted by Crippen LogP contribution is 2.09. The van der Waals surface area contributed by atoms with Gasteiger partial charge in [0.25, 0.3) is 0 Å². The molecule has 0 amide bonds. The third-order valence-electron chi connectivity index (χ3n) is 2.81. The van der Waals surface area contributed by atoms with Crippen LogP contribution in [0.1, 0.15) is 26.7 Å². The Balaban J connectivity index is 2.32. The first kappa shape index (κ1) is 13.0. The molecule has 0 aliphatic heterocycles. The van der Waals surface area contributed by atoms with Crippen molar-refractivity contribution in [3.8, 4) is 0 Å². The Kier molecular flexibility index (Phi) is 4.80. The van der Waals surface area contributed by atoms with Crippen LogP contribution in [0.2, 0.25) is 0 Å². The number of methoxy groups -OCH3 is 1. The van der Waals surface area contributed by atoms with E-state index in [9.17, 15) is 0 Å². The zero-order valence-electron chi connectivity index (χ0n) is 10.7. The van der Waals surface area contributed by atoms with Crippen LogP contribution in [0, 0.1) is 0 Å². The van der Waals surface area contributed by atoms with E-state index in [1.165, 1.54) is 0 Å². The van der Waals surface area contributed by atoms with Gasteiger partial charge in [-0.3, -0.25) is 4.99 Å². The molecule has 0 aromatic carbocycles. The Hall–Kier alpha value is -1.03. The maximum Gasteiger partial charge on any atom is 0.191 e. The lowest BCUT2D eigenvalue weighted by molar-refractivity contribution is 0.0268. The zero-order chi connectivity index (χ0) is 12.0. The number of nitrogens with one attached hydrogen (secondary N) is 2. The molecular formula is C12H23N3O. The van der Waals surface area contributed by atoms with E-state index in [1.54, 1.807) is 14.2 Å². The van der Waals surface area contributed by atoms with Gasteiger partial charge in [0.15, 0.2) is 5.96 Å². The van der Waals surface area contributed by atoms with Crippen LogP contribution in [0.3, 0.4) is 0 Å². The normalized spacial score (nSPS) is 17.9. The van der Waals surface area contributed by atoms with E-state index in [0.717, 1.165) is 25.3 Å². The predicted molar refractivity (Wildman–Crippen MR) is 67.7 cm³/mol. The van der Waals surface area contributed by atoms with Crippen LogP contribution in [-0.2, 0) is 4.74 Å². The van der Waals surface area contributed by atoms with Gasteiger partial charge in [0.2, 0.25) is 0 Å². The monoisotopic (exact) mass is 225 g/mol. The van der Waals surface area contributed by atoms with Crippen molar-refractivity contribution in [2.24, 2.45) is 4.99 Å². The third kappa shape index (κ3) is 4.23. The Labute approximate surface area is 98.2 Å². The highest BCUT2D eigenvalue weighted by atomic mass is 16.5. The summed E-state index contributed by atoms with van der Waals surface area (Å²) >= 11 is 0. The summed E-state index contributed by atoms with van der Waals surface area (Å²) in [4.78, 5) is 4.20. The Morgan fingerprint density at radius 2 is 2.06 bits per heavy atom. The SMILES string of the molecule is CN=C(NCC(C)(C)OC)NC1CC=CC1. The first-order valence-electron chi connectivity index (χ1n) is 5.75. The molecule has 16 heavy (non-hydrogen) atoms. The molecule has 0 saturated carbocycles. The number of aliphatic imine (C=N–C) groups is 1. The Morgan fingerprint density at radius 1 is 1.44 bits per heavy atom. The number of rotatable bonds is 4. The molecule has 1 aliphatic rings. The predicted octanol–water partition coefficient (Wildman–Crippen LogP) is 1.29. The van der Waals surface area contributed by atoms with Crippen molar-refractivity contribution in [2.45, 2.75) is 38.3 Å². The Morgan fingerprint density at radius 3 is 2.56 bits per heavy atom. The lowest BCUT2D eigenvalue weighted by Gasteiger charge is -2.25. The van der Waals surface area contributed by atoms with Gasteiger partial charge in [-0.2, -0.15) is 0 Å². The molecule has 0 atom stereocenters. The summed E-state index contributed by atoms with van der Waals surface area (Å²) in [6.45, 7) is 4.83. The molecule has 0 aromatic rings. The summed E-state index contributed by atoms with van der Waals surface area (Å²) in [6, 6.07) is 0.483. The van der Waals surface area contributed by atoms with Crippen LogP contribution in [0.25, 0.3) is 0 Å². The van der Waals surface area contributed by atoms with Crippen molar-refractivity contribution in [2.75, 3.05) is 20.7 Å². The molecule has 0 radical (unpaired) electrons. The van der Waals surface area contributed by atoms with Gasteiger partial charge >= 0.3 is 0 Å². The first-order valence-corrected chi connectivity index (χ1v) is 5.75. The molecule has 4 nitrogen and oxygen atoms in total. The van der Waals surface area contributed by atoms with Crippen LogP contribution >= 0.6 is 0 Å². The van der Waals surface area contributed by atoms with Gasteiger partial charge in [0.05, 0.1) is 5.60 Å². The van der Waals surface area contributed by atoms with Crippen LogP contribution in [0.4, 0.5) is 0 Å². The number of ether oxygens (including phenoxy) is 1. The van der Waals surface area contributed by atoms with Crippen LogP contribution in [0.5, 0.6) is 0 Å². The molecular weight excluding hydrogens is 202 g/mol. The maximum atomic E-state index is 5.34. The molecule has 0 unspecified atom stereocenters. The van der Waals surface area contributed by atoms with Crippen molar-refractivity contribution in [1.82, 2.24) is 10.6 Å². The fraction of sp³-hybridized carbons (Fsp3) is 0.750. The summed E-state index contributed by atoms with van der Waals surface area (Å²) in [6.07, 6.45) is 6.55. The quantitative estimate of drug-likeness (QED) is 0.430. The van der Waals surface area contributed by atoms with Gasteiger partial charge in [0, 0.05) is 26.7 Å². The molecule has 1 aliphatic carbocycles. The summed E-state index contributed by atoms with van der Waals surface area (Å²) in [5, 5.41) is 6.66. The fourth-order valence-corrected chi connectivity index (χ4v) is 1.49. The van der Waals surface area contributed by atoms with E-state index in [-0.39, 0.29) is 5.60 Å². The van der Waals surface area contributed by atoms with Crippen LogP contribution < -0.4 is 10.6 Å². The lowest BCUT2D eigenvalue weighted by atomic mass is 10.1. The van der Waals surface area contributed by atoms with Crippen LogP contribution in [-0.4, -0.2) is 38.3 Å². The number of guanidine groups is 1. The second kappa shape index (κ2) is 5.89. The Bertz CT molecular complexity index is 263. The average Bonchev–Trinajstić information content (AvgIpc) is 2.77. The van der Waals surface area contributed by atoms with Crippen molar-refractivity contribution in [1.29, 1.82) is 0 Å². The molecule has 0 spiro atoms. The second-order valence-electron chi connectivity index (χ2n) is 4.67. The number of hydrogen-bond acceptors (Lipinski definition) is 2. The van der Waals surface area contributed by atoms with E-state index < -0.39 is 0 Å². The maximum absolute atomic E-state index is 5.34. The lowest BCUT2D eigenvalue weighted by Crippen LogP contribution is -2.47. The minimum absolute atomic E-state index is 0.175. The van der Waals surface area contributed by atoms with E-state index in [2.05, 4.69) is 27.8 Å². The van der Waals surface area contributed by atoms with Gasteiger partial charge in [-0.1, -0.05) is 12.2 Å². The van der Waals surface area contributed by atoms with Crippen molar-refractivity contribution in [3.05, 3.63) is 12.2 Å². The molecule has 0 saturated heterocycles. The molecule has 0 bridgehead atoms. The second-order valence-corrected chi connectivity index (χ2v) is 4.67. The highest BCUT2D eigenvalue weighted by Gasteiger charge is 2.17. The third-order valence-corrected chi connectivity index (χ3v) is 2.81. The molecule has 0 heterocycles. The van der Waals surface area contributed by atoms with Gasteiger partial charge < -0.3 is 15.4 Å². The van der Waals surface area contributed by atoms with Gasteiger partial charge in [0.1, 0.15) is 0 Å². The molecule has 2 N–H and O–H groups in total. The zero-order valence-corrected chi connectivity index (χ0v) is 10.7. The summed E-state index contributed by atoms with van der Waals surface area (Å²) < 4.78 is 5.34. The minimum atomic E-state index is -0.175. The fourth-order valence-electron chi connectivity index (χ4n) is 1.49. The largest absolute Gasteiger partial charge is 0.377 e. The summed E-state index contributed by atoms with van der Waals surface area (Å²) in [5.41, 5.74) is -0.175. The number of hydrogen-bond donors (Lipinski definition) is 2. The van der Waals surface area contributed by atoms with E-state index in [1.807, 2.05) is 13.8 Å². The van der Waals surface area contributed by atoms with E-state index >= 15 is 0 Å². The molecule has 0 fully saturated rings. The standard InChI is InChI=1S/C12H23N3O/c1-12(2,16-4)9-14-11(13-3)15-10-7-5-6-8-10/h5-6,10H,7-9H2,1-4H3,(H2,13,14,15). The molecule has 4 heteroatoms. The average molecular weight is 225 g/mol. The van der Waals surface area contributed by atoms with Crippen molar-refractivity contribution >= 4 is 5.96 Å². The van der Waals surface area contributed by atoms with Crippen LogP contribution in [0.15, 0.2) is 17.1 Å². The van der Waals surface area contributed by atoms with E-state index in [0.29, 0.717) is 6.04 Å². The minimum Gasteiger partial charge on any atom is -0.377 e. The molecule has 92 valence electrons. The van der Waals surface area contributed by atoms with Gasteiger partial charge in [-0.05, 0) is 26.7 Å². The van der Waals surface area contributed by atoms with E-state index in [4.69, 9.17) is 4.74 Å². The smallest absolute Gasteiger partial charge is 0.191 e. The highest BCUT2D eigenvalue weighted by molar-refractivity contribution is 5.80. The molecule has 0 aromatic heterocycles. The van der Waals surface area contributed by atoms with Gasteiger partial charge in [-0.25, -0.2) is 0 Å². The number of nitrogens with zero attached hydrogens (tertiary/aromatic N) is 1. The summed E-state index contributed by atoms with van der Waals surface area (Å²) in [5.74, 6) is 0.846. The van der Waals surface area contributed by atoms with Crippen molar-refractivity contribution in [3.63, 3.8) is 0 Å². The van der Waals surface area contributed by atoms with Crippen molar-refractivity contribution < 1.29 is 4.74 Å².